The second-order valence-corrected chi connectivity index (χ2v) is 1.47. The van der Waals surface area contributed by atoms with E-state index in [1.807, 2.05) is 0 Å². The molecule has 1 heterocycles. The Morgan fingerprint density at radius 1 is 1.78 bits per heavy atom. The molecule has 1 rings (SSSR count). The Morgan fingerprint density at radius 2 is 2.56 bits per heavy atom. The lowest BCUT2D eigenvalue weighted by molar-refractivity contribution is 1.06. The molecule has 0 aliphatic rings. The number of rotatable bonds is 1. The van der Waals surface area contributed by atoms with Crippen LogP contribution in [0.4, 0.5) is 0 Å². The zero-order valence-corrected chi connectivity index (χ0v) is 4.59. The van der Waals surface area contributed by atoms with Crippen molar-refractivity contribution in [3.8, 4) is 0 Å². The highest BCUT2D eigenvalue weighted by Crippen LogP contribution is 1.78. The van der Waals surface area contributed by atoms with Crippen LogP contribution in [0.2, 0.25) is 0 Å². The third kappa shape index (κ3) is 1.22. The lowest BCUT2D eigenvalue weighted by Crippen LogP contribution is -2.10. The van der Waals surface area contributed by atoms with Gasteiger partial charge in [-0.05, 0) is 6.07 Å². The van der Waals surface area contributed by atoms with E-state index in [-0.39, 0.29) is 0 Å². The molecule has 0 aliphatic heterocycles. The van der Waals surface area contributed by atoms with Crippen LogP contribution in [0.25, 0.3) is 0 Å². The second kappa shape index (κ2) is 2.21. The lowest BCUT2D eigenvalue weighted by atomic mass is 10.4. The van der Waals surface area contributed by atoms with Crippen molar-refractivity contribution in [1.82, 2.24) is 9.97 Å². The van der Waals surface area contributed by atoms with Gasteiger partial charge in [0.25, 0.3) is 0 Å². The molecule has 1 aromatic heterocycles. The van der Waals surface area contributed by atoms with Gasteiger partial charge in [0.2, 0.25) is 0 Å². The molecule has 0 bridgehead atoms. The van der Waals surface area contributed by atoms with E-state index in [2.05, 4.69) is 9.97 Å². The summed E-state index contributed by atoms with van der Waals surface area (Å²) in [6, 6.07) is 1.55. The van der Waals surface area contributed by atoms with E-state index in [9.17, 15) is 4.79 Å². The molecule has 0 radical (unpaired) electrons. The van der Waals surface area contributed by atoms with Crippen molar-refractivity contribution in [3.05, 3.63) is 28.4 Å². The van der Waals surface area contributed by atoms with Gasteiger partial charge in [-0.15, -0.1) is 0 Å². The molecule has 0 aliphatic carbocycles. The van der Waals surface area contributed by atoms with Crippen LogP contribution in [0.1, 0.15) is 5.69 Å². The van der Waals surface area contributed by atoms with E-state index in [0.29, 0.717) is 5.69 Å². The summed E-state index contributed by atoms with van der Waals surface area (Å²) in [5, 5.41) is 6.72. The number of hydrogen-bond donors (Lipinski definition) is 2. The van der Waals surface area contributed by atoms with Gasteiger partial charge in [-0.3, -0.25) is 0 Å². The zero-order chi connectivity index (χ0) is 6.69. The summed E-state index contributed by atoms with van der Waals surface area (Å²) in [5.41, 5.74) is 0.0472. The van der Waals surface area contributed by atoms with Gasteiger partial charge in [-0.1, -0.05) is 0 Å². The zero-order valence-electron chi connectivity index (χ0n) is 4.59. The van der Waals surface area contributed by atoms with Gasteiger partial charge in [0.1, 0.15) is 0 Å². The summed E-state index contributed by atoms with van der Waals surface area (Å²) in [7, 11) is 0. The Balaban J connectivity index is 3.23. The minimum Gasteiger partial charge on any atom is -0.307 e. The highest BCUT2D eigenvalue weighted by atomic mass is 16.1. The van der Waals surface area contributed by atoms with Crippen molar-refractivity contribution in [2.24, 2.45) is 0 Å². The molecule has 9 heavy (non-hydrogen) atoms. The fourth-order valence-corrected chi connectivity index (χ4v) is 0.467. The Labute approximate surface area is 51.1 Å². The van der Waals surface area contributed by atoms with Crippen LogP contribution in [-0.2, 0) is 0 Å². The minimum atomic E-state index is -0.420. The van der Waals surface area contributed by atoms with E-state index in [0.717, 1.165) is 6.21 Å². The maximum Gasteiger partial charge on any atom is 0.345 e. The van der Waals surface area contributed by atoms with Crippen LogP contribution in [0.15, 0.2) is 17.1 Å². The number of hydrogen-bond acceptors (Lipinski definition) is 3. The first kappa shape index (κ1) is 5.68. The van der Waals surface area contributed by atoms with Crippen LogP contribution in [-0.4, -0.2) is 16.2 Å². The maximum atomic E-state index is 10.4. The van der Waals surface area contributed by atoms with Gasteiger partial charge in [0.15, 0.2) is 0 Å². The monoisotopic (exact) mass is 123 g/mol. The summed E-state index contributed by atoms with van der Waals surface area (Å²) in [4.78, 5) is 16.1. The predicted octanol–water partition coefficient (Wildman–Crippen LogP) is -0.232. The fraction of sp³-hybridized carbons (Fsp3) is 0. The highest BCUT2D eigenvalue weighted by molar-refractivity contribution is 5.73. The smallest absolute Gasteiger partial charge is 0.307 e. The van der Waals surface area contributed by atoms with Gasteiger partial charge in [-0.2, -0.15) is 0 Å². The highest BCUT2D eigenvalue weighted by Gasteiger charge is 1.84. The molecule has 0 saturated heterocycles. The van der Waals surface area contributed by atoms with Crippen molar-refractivity contribution in [1.29, 1.82) is 5.41 Å². The Kier molecular flexibility index (Phi) is 1.40. The standard InChI is InChI=1S/C5H5N3O/c6-3-4-1-2-7-5(9)8-4/h1-3,6H,(H,7,8,9). The Morgan fingerprint density at radius 3 is 3.00 bits per heavy atom. The lowest BCUT2D eigenvalue weighted by Gasteiger charge is -1.85. The molecule has 1 aromatic rings. The SMILES string of the molecule is N=Cc1ccnc(=O)[nH]1. The molecular formula is C5H5N3O. The fourth-order valence-electron chi connectivity index (χ4n) is 0.467. The van der Waals surface area contributed by atoms with Crippen molar-refractivity contribution in [3.63, 3.8) is 0 Å². The van der Waals surface area contributed by atoms with Gasteiger partial charge in [-0.25, -0.2) is 9.78 Å². The van der Waals surface area contributed by atoms with Gasteiger partial charge >= 0.3 is 5.69 Å². The first-order valence-electron chi connectivity index (χ1n) is 2.39. The number of H-pyrrole nitrogens is 1. The molecule has 0 saturated carbocycles. The van der Waals surface area contributed by atoms with E-state index >= 15 is 0 Å². The van der Waals surface area contributed by atoms with Gasteiger partial charge in [0.05, 0.1) is 5.69 Å². The molecule has 46 valence electrons. The molecule has 0 fully saturated rings. The van der Waals surface area contributed by atoms with Crippen LogP contribution in [0.3, 0.4) is 0 Å². The van der Waals surface area contributed by atoms with Crippen molar-refractivity contribution >= 4 is 6.21 Å². The molecule has 0 spiro atoms. The number of aromatic nitrogens is 2. The first-order valence-corrected chi connectivity index (χ1v) is 2.39. The summed E-state index contributed by atoms with van der Waals surface area (Å²) < 4.78 is 0. The van der Waals surface area contributed by atoms with Gasteiger partial charge in [0, 0.05) is 12.4 Å². The quantitative estimate of drug-likeness (QED) is 0.506. The third-order valence-electron chi connectivity index (χ3n) is 0.853. The number of nitrogens with zero attached hydrogens (tertiary/aromatic N) is 1. The summed E-state index contributed by atoms with van der Waals surface area (Å²) in [6.07, 6.45) is 2.42. The number of aromatic amines is 1. The van der Waals surface area contributed by atoms with E-state index in [1.165, 1.54) is 6.20 Å². The summed E-state index contributed by atoms with van der Waals surface area (Å²) in [5.74, 6) is 0. The van der Waals surface area contributed by atoms with Crippen LogP contribution in [0.5, 0.6) is 0 Å². The third-order valence-corrected chi connectivity index (χ3v) is 0.853. The van der Waals surface area contributed by atoms with E-state index < -0.39 is 5.69 Å². The number of nitrogens with one attached hydrogen (secondary N) is 2. The van der Waals surface area contributed by atoms with Crippen molar-refractivity contribution < 1.29 is 0 Å². The maximum absolute atomic E-state index is 10.4. The molecular weight excluding hydrogens is 118 g/mol. The normalized spacial score (nSPS) is 8.89. The average Bonchev–Trinajstić information content (AvgIpc) is 1.88. The molecule has 0 amide bonds. The van der Waals surface area contributed by atoms with Gasteiger partial charge < -0.3 is 10.4 Å². The topological polar surface area (TPSA) is 69.6 Å². The first-order chi connectivity index (χ1) is 4.33. The second-order valence-electron chi connectivity index (χ2n) is 1.47. The predicted molar refractivity (Wildman–Crippen MR) is 32.7 cm³/mol. The summed E-state index contributed by atoms with van der Waals surface area (Å²) >= 11 is 0. The average molecular weight is 123 g/mol. The van der Waals surface area contributed by atoms with Crippen LogP contribution >= 0.6 is 0 Å². The summed E-state index contributed by atoms with van der Waals surface area (Å²) in [6.45, 7) is 0. The largest absolute Gasteiger partial charge is 0.345 e. The Hall–Kier alpha value is -1.45. The molecule has 2 N–H and O–H groups in total. The van der Waals surface area contributed by atoms with Crippen molar-refractivity contribution in [2.75, 3.05) is 0 Å². The minimum absolute atomic E-state index is 0.420. The van der Waals surface area contributed by atoms with Crippen LogP contribution < -0.4 is 5.69 Å². The van der Waals surface area contributed by atoms with Crippen molar-refractivity contribution in [2.45, 2.75) is 0 Å². The molecule has 4 heteroatoms. The van der Waals surface area contributed by atoms with E-state index in [4.69, 9.17) is 5.41 Å². The molecule has 4 nitrogen and oxygen atoms in total. The van der Waals surface area contributed by atoms with Crippen LogP contribution in [0, 0.1) is 5.41 Å². The Bertz CT molecular complexity index is 265. The molecule has 0 atom stereocenters. The molecule has 0 aromatic carbocycles. The molecule has 0 unspecified atom stereocenters. The van der Waals surface area contributed by atoms with E-state index in [1.54, 1.807) is 6.07 Å².